The lowest BCUT2D eigenvalue weighted by Crippen LogP contribution is -2.05. The maximum atomic E-state index is 5.87. The van der Waals surface area contributed by atoms with Gasteiger partial charge in [-0.15, -0.1) is 11.6 Å². The third-order valence-electron chi connectivity index (χ3n) is 3.21. The van der Waals surface area contributed by atoms with E-state index in [4.69, 9.17) is 11.6 Å². The molecule has 3 heteroatoms. The Bertz CT molecular complexity index is 502. The Morgan fingerprint density at radius 3 is 2.78 bits per heavy atom. The van der Waals surface area contributed by atoms with E-state index in [0.717, 1.165) is 30.2 Å². The molecule has 0 saturated carbocycles. The van der Waals surface area contributed by atoms with Crippen LogP contribution >= 0.6 is 11.6 Å². The molecule has 0 fully saturated rings. The fourth-order valence-corrected chi connectivity index (χ4v) is 2.48. The van der Waals surface area contributed by atoms with Crippen LogP contribution in [0.1, 0.15) is 32.5 Å². The summed E-state index contributed by atoms with van der Waals surface area (Å²) in [5.74, 6) is 2.51. The minimum atomic E-state index is 0.632. The van der Waals surface area contributed by atoms with E-state index in [0.29, 0.717) is 5.88 Å². The van der Waals surface area contributed by atoms with Gasteiger partial charge in [-0.05, 0) is 30.9 Å². The topological polar surface area (TPSA) is 17.8 Å². The number of hydrogen-bond donors (Lipinski definition) is 0. The third kappa shape index (κ3) is 3.05. The molecule has 2 rings (SSSR count). The third-order valence-corrected chi connectivity index (χ3v) is 3.40. The number of hydrogen-bond acceptors (Lipinski definition) is 1. The van der Waals surface area contributed by atoms with Crippen molar-refractivity contribution in [3.63, 3.8) is 0 Å². The van der Waals surface area contributed by atoms with E-state index in [2.05, 4.69) is 41.6 Å². The molecular weight excluding hydrogens is 244 g/mol. The molecule has 0 bridgehead atoms. The van der Waals surface area contributed by atoms with Gasteiger partial charge < -0.3 is 4.57 Å². The first-order valence-electron chi connectivity index (χ1n) is 6.72. The molecule has 0 amide bonds. The molecule has 0 spiro atoms. The summed E-state index contributed by atoms with van der Waals surface area (Å²) < 4.78 is 2.33. The van der Waals surface area contributed by atoms with Crippen LogP contribution in [0.5, 0.6) is 0 Å². The Labute approximate surface area is 114 Å². The number of halogens is 1. The minimum absolute atomic E-state index is 0.632. The Morgan fingerprint density at radius 2 is 2.06 bits per heavy atom. The molecule has 0 saturated heterocycles. The molecule has 1 aromatic carbocycles. The smallest absolute Gasteiger partial charge is 0.111 e. The van der Waals surface area contributed by atoms with Crippen LogP contribution in [0.15, 0.2) is 24.3 Å². The van der Waals surface area contributed by atoms with Crippen molar-refractivity contribution in [3.05, 3.63) is 30.1 Å². The number of rotatable bonds is 6. The molecule has 0 aliphatic rings. The van der Waals surface area contributed by atoms with Crippen molar-refractivity contribution >= 4 is 22.6 Å². The van der Waals surface area contributed by atoms with Crippen LogP contribution < -0.4 is 0 Å². The van der Waals surface area contributed by atoms with Gasteiger partial charge in [-0.1, -0.05) is 26.0 Å². The van der Waals surface area contributed by atoms with E-state index < -0.39 is 0 Å². The summed E-state index contributed by atoms with van der Waals surface area (Å²) in [5.41, 5.74) is 2.32. The predicted molar refractivity (Wildman–Crippen MR) is 78.2 cm³/mol. The van der Waals surface area contributed by atoms with Crippen molar-refractivity contribution in [2.45, 2.75) is 39.7 Å². The van der Waals surface area contributed by atoms with Gasteiger partial charge in [0, 0.05) is 18.8 Å². The molecule has 0 unspecified atom stereocenters. The Balaban J connectivity index is 2.24. The highest BCUT2D eigenvalue weighted by Crippen LogP contribution is 2.18. The number of para-hydroxylation sites is 2. The molecule has 2 aromatic rings. The monoisotopic (exact) mass is 264 g/mol. The van der Waals surface area contributed by atoms with E-state index in [1.54, 1.807) is 0 Å². The lowest BCUT2D eigenvalue weighted by atomic mass is 10.1. The van der Waals surface area contributed by atoms with Gasteiger partial charge in [0.25, 0.3) is 0 Å². The highest BCUT2D eigenvalue weighted by molar-refractivity contribution is 6.17. The van der Waals surface area contributed by atoms with E-state index >= 15 is 0 Å². The van der Waals surface area contributed by atoms with Gasteiger partial charge in [-0.3, -0.25) is 0 Å². The highest BCUT2D eigenvalue weighted by atomic mass is 35.5. The molecule has 0 aliphatic carbocycles. The van der Waals surface area contributed by atoms with Gasteiger partial charge >= 0.3 is 0 Å². The van der Waals surface area contributed by atoms with Gasteiger partial charge in [0.1, 0.15) is 5.82 Å². The first-order chi connectivity index (χ1) is 8.72. The first-order valence-corrected chi connectivity index (χ1v) is 7.26. The van der Waals surface area contributed by atoms with Gasteiger partial charge in [0.15, 0.2) is 0 Å². The number of fused-ring (bicyclic) bond motifs is 1. The van der Waals surface area contributed by atoms with Crippen LogP contribution in [-0.2, 0) is 13.0 Å². The summed E-state index contributed by atoms with van der Waals surface area (Å²) in [6.07, 6.45) is 3.30. The first kappa shape index (κ1) is 13.4. The lowest BCUT2D eigenvalue weighted by Gasteiger charge is -2.09. The zero-order valence-electron chi connectivity index (χ0n) is 11.2. The van der Waals surface area contributed by atoms with Crippen molar-refractivity contribution < 1.29 is 0 Å². The summed E-state index contributed by atoms with van der Waals surface area (Å²) in [7, 11) is 0. The SMILES string of the molecule is CC(C)CCCn1c(CCCl)nc2ccccc21. The van der Waals surface area contributed by atoms with Gasteiger partial charge in [-0.25, -0.2) is 4.98 Å². The fraction of sp³-hybridized carbons (Fsp3) is 0.533. The van der Waals surface area contributed by atoms with Gasteiger partial charge in [0.05, 0.1) is 11.0 Å². The van der Waals surface area contributed by atoms with Crippen LogP contribution in [0.25, 0.3) is 11.0 Å². The van der Waals surface area contributed by atoms with Crippen molar-refractivity contribution in [2.24, 2.45) is 5.92 Å². The number of nitrogens with zero attached hydrogens (tertiary/aromatic N) is 2. The Hall–Kier alpha value is -1.02. The van der Waals surface area contributed by atoms with Crippen molar-refractivity contribution in [1.82, 2.24) is 9.55 Å². The number of alkyl halides is 1. The maximum absolute atomic E-state index is 5.87. The average Bonchev–Trinajstić information content (AvgIpc) is 2.68. The molecule has 18 heavy (non-hydrogen) atoms. The Kier molecular flexibility index (Phi) is 4.65. The zero-order valence-corrected chi connectivity index (χ0v) is 12.0. The summed E-state index contributed by atoms with van der Waals surface area (Å²) in [5, 5.41) is 0. The van der Waals surface area contributed by atoms with Crippen molar-refractivity contribution in [3.8, 4) is 0 Å². The molecule has 0 N–H and O–H groups in total. The van der Waals surface area contributed by atoms with Crippen LogP contribution in [0.4, 0.5) is 0 Å². The highest BCUT2D eigenvalue weighted by Gasteiger charge is 2.09. The van der Waals surface area contributed by atoms with Gasteiger partial charge in [0.2, 0.25) is 0 Å². The zero-order chi connectivity index (χ0) is 13.0. The second-order valence-corrected chi connectivity index (χ2v) is 5.52. The van der Waals surface area contributed by atoms with E-state index in [1.807, 2.05) is 6.07 Å². The fourth-order valence-electron chi connectivity index (χ4n) is 2.31. The van der Waals surface area contributed by atoms with Crippen molar-refractivity contribution in [2.75, 3.05) is 5.88 Å². The number of aryl methyl sites for hydroxylation is 2. The van der Waals surface area contributed by atoms with E-state index in [-0.39, 0.29) is 0 Å². The molecule has 0 atom stereocenters. The standard InChI is InChI=1S/C15H21ClN2/c1-12(2)6-5-11-18-14-8-4-3-7-13(14)17-15(18)9-10-16/h3-4,7-8,12H,5-6,9-11H2,1-2H3. The molecule has 98 valence electrons. The summed E-state index contributed by atoms with van der Waals surface area (Å²) in [6, 6.07) is 8.34. The molecule has 2 nitrogen and oxygen atoms in total. The van der Waals surface area contributed by atoms with Crippen molar-refractivity contribution in [1.29, 1.82) is 0 Å². The van der Waals surface area contributed by atoms with Crippen LogP contribution in [0, 0.1) is 5.92 Å². The molecule has 0 radical (unpaired) electrons. The molecular formula is C15H21ClN2. The largest absolute Gasteiger partial charge is 0.328 e. The molecule has 1 heterocycles. The van der Waals surface area contributed by atoms with E-state index in [1.165, 1.54) is 18.4 Å². The second kappa shape index (κ2) is 6.24. The summed E-state index contributed by atoms with van der Waals surface area (Å²) in [6.45, 7) is 5.59. The van der Waals surface area contributed by atoms with Gasteiger partial charge in [-0.2, -0.15) is 0 Å². The van der Waals surface area contributed by atoms with Crippen LogP contribution in [0.2, 0.25) is 0 Å². The summed E-state index contributed by atoms with van der Waals surface area (Å²) in [4.78, 5) is 4.68. The minimum Gasteiger partial charge on any atom is -0.328 e. The number of imidazole rings is 1. The molecule has 1 aromatic heterocycles. The normalized spacial score (nSPS) is 11.6. The lowest BCUT2D eigenvalue weighted by molar-refractivity contribution is 0.510. The average molecular weight is 265 g/mol. The number of benzene rings is 1. The van der Waals surface area contributed by atoms with Crippen LogP contribution in [-0.4, -0.2) is 15.4 Å². The second-order valence-electron chi connectivity index (χ2n) is 5.14. The maximum Gasteiger partial charge on any atom is 0.111 e. The van der Waals surface area contributed by atoms with Crippen LogP contribution in [0.3, 0.4) is 0 Å². The quantitative estimate of drug-likeness (QED) is 0.713. The predicted octanol–water partition coefficient (Wildman–Crippen LogP) is 4.25. The molecule has 0 aliphatic heterocycles. The van der Waals surface area contributed by atoms with E-state index in [9.17, 15) is 0 Å². The Morgan fingerprint density at radius 1 is 1.28 bits per heavy atom. The number of aromatic nitrogens is 2. The summed E-state index contributed by atoms with van der Waals surface area (Å²) >= 11 is 5.87.